The first-order chi connectivity index (χ1) is 9.66. The highest BCUT2D eigenvalue weighted by Crippen LogP contribution is 2.34. The van der Waals surface area contributed by atoms with Gasteiger partial charge >= 0.3 is 0 Å². The topological polar surface area (TPSA) is 59.2 Å². The average molecular weight is 307 g/mol. The van der Waals surface area contributed by atoms with Gasteiger partial charge < -0.3 is 10.6 Å². The Labute approximate surface area is 126 Å². The lowest BCUT2D eigenvalue weighted by Crippen LogP contribution is -2.30. The molecule has 2 atom stereocenters. The molecule has 0 spiro atoms. The summed E-state index contributed by atoms with van der Waals surface area (Å²) < 4.78 is 0. The molecule has 1 fully saturated rings. The second kappa shape index (κ2) is 5.63. The van der Waals surface area contributed by atoms with Gasteiger partial charge in [-0.3, -0.25) is 4.79 Å². The molecule has 0 saturated carbocycles. The molecule has 2 aromatic rings. The van der Waals surface area contributed by atoms with Crippen molar-refractivity contribution >= 4 is 28.6 Å². The van der Waals surface area contributed by atoms with Gasteiger partial charge in [-0.05, 0) is 42.2 Å². The Kier molecular flexibility index (Phi) is 3.87. The fraction of sp³-hybridized carbons (Fsp3) is 0.429. The molecule has 0 aliphatic carbocycles. The summed E-state index contributed by atoms with van der Waals surface area (Å²) in [5.74, 6) is 0.0295. The van der Waals surface area contributed by atoms with Crippen LogP contribution in [0.4, 0.5) is 0 Å². The van der Waals surface area contributed by atoms with Crippen LogP contribution in [0.25, 0.3) is 0 Å². The van der Waals surface area contributed by atoms with Gasteiger partial charge in [0.05, 0.1) is 12.1 Å². The number of rotatable bonds is 3. The third-order valence-corrected chi connectivity index (χ3v) is 5.32. The summed E-state index contributed by atoms with van der Waals surface area (Å²) in [7, 11) is 0. The molecule has 20 heavy (non-hydrogen) atoms. The van der Waals surface area contributed by atoms with E-state index in [4.69, 9.17) is 5.73 Å². The molecule has 0 radical (unpaired) electrons. The van der Waals surface area contributed by atoms with E-state index >= 15 is 0 Å². The first-order valence-electron chi connectivity index (χ1n) is 6.71. The number of nitrogens with zero attached hydrogens (tertiary/aromatic N) is 2. The number of aromatic nitrogens is 1. The zero-order valence-corrected chi connectivity index (χ0v) is 12.9. The Morgan fingerprint density at radius 3 is 3.05 bits per heavy atom. The first-order valence-corrected chi connectivity index (χ1v) is 8.53. The van der Waals surface area contributed by atoms with Gasteiger partial charge in [-0.2, -0.15) is 11.3 Å². The maximum atomic E-state index is 12.6. The number of hydrogen-bond donors (Lipinski definition) is 1. The van der Waals surface area contributed by atoms with Crippen LogP contribution in [0.1, 0.15) is 52.9 Å². The van der Waals surface area contributed by atoms with Gasteiger partial charge in [-0.15, -0.1) is 11.3 Å². The predicted molar refractivity (Wildman–Crippen MR) is 82.0 cm³/mol. The Balaban J connectivity index is 1.82. The van der Waals surface area contributed by atoms with E-state index in [0.29, 0.717) is 5.69 Å². The molecular formula is C14H17N3OS2. The molecule has 1 amide bonds. The van der Waals surface area contributed by atoms with Crippen LogP contribution in [-0.2, 0) is 0 Å². The molecule has 3 rings (SSSR count). The second-order valence-corrected chi connectivity index (χ2v) is 6.74. The minimum absolute atomic E-state index is 0.0295. The van der Waals surface area contributed by atoms with Gasteiger partial charge in [-0.1, -0.05) is 0 Å². The van der Waals surface area contributed by atoms with Gasteiger partial charge in [0, 0.05) is 11.9 Å². The second-order valence-electron chi connectivity index (χ2n) is 5.07. The van der Waals surface area contributed by atoms with Crippen molar-refractivity contribution in [3.63, 3.8) is 0 Å². The van der Waals surface area contributed by atoms with E-state index in [0.717, 1.165) is 24.4 Å². The molecule has 2 N–H and O–H groups in total. The lowest BCUT2D eigenvalue weighted by Gasteiger charge is -2.23. The summed E-state index contributed by atoms with van der Waals surface area (Å²) in [5, 5.41) is 6.84. The molecule has 2 aromatic heterocycles. The zero-order valence-electron chi connectivity index (χ0n) is 11.3. The maximum Gasteiger partial charge on any atom is 0.273 e. The van der Waals surface area contributed by atoms with Crippen molar-refractivity contribution in [2.24, 2.45) is 5.73 Å². The fourth-order valence-electron chi connectivity index (χ4n) is 2.56. The highest BCUT2D eigenvalue weighted by atomic mass is 32.1. The molecule has 6 heteroatoms. The van der Waals surface area contributed by atoms with E-state index < -0.39 is 0 Å². The number of carbonyl (C=O) groups excluding carboxylic acids is 1. The van der Waals surface area contributed by atoms with Crippen LogP contribution in [0.15, 0.2) is 22.2 Å². The minimum atomic E-state index is -0.118. The van der Waals surface area contributed by atoms with Crippen LogP contribution in [0.2, 0.25) is 0 Å². The molecule has 2 unspecified atom stereocenters. The van der Waals surface area contributed by atoms with E-state index in [9.17, 15) is 4.79 Å². The Morgan fingerprint density at radius 2 is 2.40 bits per heavy atom. The van der Waals surface area contributed by atoms with Crippen LogP contribution < -0.4 is 5.73 Å². The van der Waals surface area contributed by atoms with Gasteiger partial charge in [-0.25, -0.2) is 4.98 Å². The van der Waals surface area contributed by atoms with Crippen molar-refractivity contribution in [2.45, 2.75) is 31.8 Å². The number of carbonyl (C=O) groups is 1. The normalized spacial score (nSPS) is 20.3. The Morgan fingerprint density at radius 1 is 1.55 bits per heavy atom. The average Bonchev–Trinajstić information content (AvgIpc) is 3.17. The van der Waals surface area contributed by atoms with Crippen molar-refractivity contribution in [3.05, 3.63) is 38.5 Å². The molecule has 0 aromatic carbocycles. The standard InChI is InChI=1S/C14H17N3OS2/c1-9(15)13-16-11(8-20-13)14(18)17-5-2-3-12(17)10-4-6-19-7-10/h4,6-9,12H,2-3,5,15H2,1H3. The van der Waals surface area contributed by atoms with Crippen molar-refractivity contribution in [3.8, 4) is 0 Å². The van der Waals surface area contributed by atoms with Crippen molar-refractivity contribution in [2.75, 3.05) is 6.54 Å². The molecular weight excluding hydrogens is 290 g/mol. The van der Waals surface area contributed by atoms with Gasteiger partial charge in [0.1, 0.15) is 10.7 Å². The monoisotopic (exact) mass is 307 g/mol. The number of amides is 1. The summed E-state index contributed by atoms with van der Waals surface area (Å²) in [6, 6.07) is 2.19. The number of nitrogens with two attached hydrogens (primary N) is 1. The molecule has 1 aliphatic rings. The van der Waals surface area contributed by atoms with Crippen molar-refractivity contribution in [1.29, 1.82) is 0 Å². The summed E-state index contributed by atoms with van der Waals surface area (Å²) in [5.41, 5.74) is 7.58. The Bertz CT molecular complexity index is 591. The molecule has 1 aliphatic heterocycles. The lowest BCUT2D eigenvalue weighted by atomic mass is 10.1. The molecule has 106 valence electrons. The summed E-state index contributed by atoms with van der Waals surface area (Å²) >= 11 is 3.14. The minimum Gasteiger partial charge on any atom is -0.330 e. The van der Waals surface area contributed by atoms with Gasteiger partial charge in [0.15, 0.2) is 0 Å². The number of hydrogen-bond acceptors (Lipinski definition) is 5. The first kappa shape index (κ1) is 13.7. The molecule has 1 saturated heterocycles. The van der Waals surface area contributed by atoms with E-state index in [-0.39, 0.29) is 18.0 Å². The zero-order chi connectivity index (χ0) is 14.1. The van der Waals surface area contributed by atoms with Gasteiger partial charge in [0.2, 0.25) is 0 Å². The van der Waals surface area contributed by atoms with Crippen LogP contribution in [0.5, 0.6) is 0 Å². The quantitative estimate of drug-likeness (QED) is 0.947. The smallest absolute Gasteiger partial charge is 0.273 e. The number of likely N-dealkylation sites (tertiary alicyclic amines) is 1. The van der Waals surface area contributed by atoms with E-state index in [1.165, 1.54) is 16.9 Å². The van der Waals surface area contributed by atoms with Gasteiger partial charge in [0.25, 0.3) is 5.91 Å². The summed E-state index contributed by atoms with van der Waals surface area (Å²) in [6.07, 6.45) is 2.09. The predicted octanol–water partition coefficient (Wildman–Crippen LogP) is 3.20. The van der Waals surface area contributed by atoms with Crippen LogP contribution in [0.3, 0.4) is 0 Å². The highest BCUT2D eigenvalue weighted by Gasteiger charge is 2.31. The largest absolute Gasteiger partial charge is 0.330 e. The summed E-state index contributed by atoms with van der Waals surface area (Å²) in [6.45, 7) is 2.70. The fourth-order valence-corrected chi connectivity index (χ4v) is 4.02. The van der Waals surface area contributed by atoms with Crippen LogP contribution >= 0.6 is 22.7 Å². The number of thiazole rings is 1. The Hall–Kier alpha value is -1.24. The third kappa shape index (κ3) is 2.51. The molecule has 4 nitrogen and oxygen atoms in total. The van der Waals surface area contributed by atoms with Crippen molar-refractivity contribution in [1.82, 2.24) is 9.88 Å². The maximum absolute atomic E-state index is 12.6. The third-order valence-electron chi connectivity index (χ3n) is 3.57. The van der Waals surface area contributed by atoms with E-state index in [1.807, 2.05) is 17.2 Å². The SMILES string of the molecule is CC(N)c1nc(C(=O)N2CCCC2c2ccsc2)cs1. The van der Waals surface area contributed by atoms with Crippen LogP contribution in [0, 0.1) is 0 Å². The highest BCUT2D eigenvalue weighted by molar-refractivity contribution is 7.10. The van der Waals surface area contributed by atoms with E-state index in [1.54, 1.807) is 11.3 Å². The molecule has 3 heterocycles. The van der Waals surface area contributed by atoms with Crippen LogP contribution in [-0.4, -0.2) is 22.3 Å². The van der Waals surface area contributed by atoms with Crippen molar-refractivity contribution < 1.29 is 4.79 Å². The number of thiophene rings is 1. The summed E-state index contributed by atoms with van der Waals surface area (Å²) in [4.78, 5) is 18.9. The molecule has 0 bridgehead atoms. The lowest BCUT2D eigenvalue weighted by molar-refractivity contribution is 0.0730. The van der Waals surface area contributed by atoms with E-state index in [2.05, 4.69) is 21.8 Å².